The maximum absolute atomic E-state index is 12.4. The number of rotatable bonds is 7. The summed E-state index contributed by atoms with van der Waals surface area (Å²) in [4.78, 5) is 30.6. The highest BCUT2D eigenvalue weighted by atomic mass is 32.2. The molecule has 1 fully saturated rings. The molecule has 2 heterocycles. The van der Waals surface area contributed by atoms with Gasteiger partial charge in [-0.25, -0.2) is 13.4 Å². The SMILES string of the molecule is CCN(CC(=O)N[C@H]1CCS(=O)(=O)C1)C(=O)CSc1nc2ccccc2s1. The van der Waals surface area contributed by atoms with Crippen molar-refractivity contribution in [2.45, 2.75) is 23.7 Å². The lowest BCUT2D eigenvalue weighted by Gasteiger charge is -2.21. The van der Waals surface area contributed by atoms with Crippen LogP contribution in [0.4, 0.5) is 0 Å². The zero-order chi connectivity index (χ0) is 19.4. The van der Waals surface area contributed by atoms with Crippen LogP contribution in [0.3, 0.4) is 0 Å². The molecule has 1 saturated heterocycles. The normalized spacial score (nSPS) is 18.5. The Kier molecular flexibility index (Phi) is 6.38. The van der Waals surface area contributed by atoms with Crippen LogP contribution in [0.2, 0.25) is 0 Å². The summed E-state index contributed by atoms with van der Waals surface area (Å²) in [7, 11) is -3.05. The molecule has 2 amide bonds. The van der Waals surface area contributed by atoms with E-state index in [9.17, 15) is 18.0 Å². The van der Waals surface area contributed by atoms with E-state index in [1.807, 2.05) is 31.2 Å². The molecule has 10 heteroatoms. The second kappa shape index (κ2) is 8.57. The number of nitrogens with one attached hydrogen (secondary N) is 1. The second-order valence-electron chi connectivity index (χ2n) is 6.31. The Morgan fingerprint density at radius 1 is 1.37 bits per heavy atom. The van der Waals surface area contributed by atoms with E-state index in [0.717, 1.165) is 14.6 Å². The third kappa shape index (κ3) is 5.43. The predicted octanol–water partition coefficient (Wildman–Crippen LogP) is 1.54. The number of fused-ring (bicyclic) bond motifs is 1. The van der Waals surface area contributed by atoms with Crippen molar-refractivity contribution in [2.24, 2.45) is 0 Å². The van der Waals surface area contributed by atoms with Gasteiger partial charge in [0.15, 0.2) is 14.2 Å². The largest absolute Gasteiger partial charge is 0.351 e. The molecule has 1 aliphatic heterocycles. The number of carbonyl (C=O) groups excluding carboxylic acids is 2. The molecule has 27 heavy (non-hydrogen) atoms. The molecular formula is C17H21N3O4S3. The molecular weight excluding hydrogens is 406 g/mol. The van der Waals surface area contributed by atoms with E-state index in [-0.39, 0.29) is 41.7 Å². The summed E-state index contributed by atoms with van der Waals surface area (Å²) in [5, 5.41) is 2.72. The van der Waals surface area contributed by atoms with E-state index < -0.39 is 9.84 Å². The van der Waals surface area contributed by atoms with Gasteiger partial charge >= 0.3 is 0 Å². The molecule has 0 radical (unpaired) electrons. The molecule has 0 unspecified atom stereocenters. The summed E-state index contributed by atoms with van der Waals surface area (Å²) in [6.07, 6.45) is 0.432. The minimum absolute atomic E-state index is 0.0216. The van der Waals surface area contributed by atoms with Gasteiger partial charge in [-0.05, 0) is 25.5 Å². The maximum atomic E-state index is 12.4. The van der Waals surface area contributed by atoms with Gasteiger partial charge in [0, 0.05) is 12.6 Å². The van der Waals surface area contributed by atoms with Crippen LogP contribution in [-0.4, -0.2) is 66.5 Å². The van der Waals surface area contributed by atoms with Gasteiger partial charge in [-0.1, -0.05) is 23.9 Å². The number of aromatic nitrogens is 1. The molecule has 0 saturated carbocycles. The predicted molar refractivity (Wildman–Crippen MR) is 108 cm³/mol. The minimum atomic E-state index is -3.05. The molecule has 0 spiro atoms. The van der Waals surface area contributed by atoms with Gasteiger partial charge < -0.3 is 10.2 Å². The molecule has 1 aromatic heterocycles. The highest BCUT2D eigenvalue weighted by Gasteiger charge is 2.29. The molecule has 3 rings (SSSR count). The quantitative estimate of drug-likeness (QED) is 0.674. The molecule has 2 aromatic rings. The molecule has 1 N–H and O–H groups in total. The molecule has 7 nitrogen and oxygen atoms in total. The van der Waals surface area contributed by atoms with Crippen LogP contribution in [0, 0.1) is 0 Å². The second-order valence-corrected chi connectivity index (χ2v) is 10.8. The zero-order valence-corrected chi connectivity index (χ0v) is 17.3. The van der Waals surface area contributed by atoms with Crippen LogP contribution in [-0.2, 0) is 19.4 Å². The number of nitrogens with zero attached hydrogens (tertiary/aromatic N) is 2. The first kappa shape index (κ1) is 20.1. The first-order chi connectivity index (χ1) is 12.9. The first-order valence-electron chi connectivity index (χ1n) is 8.62. The maximum Gasteiger partial charge on any atom is 0.239 e. The van der Waals surface area contributed by atoms with Gasteiger partial charge in [0.2, 0.25) is 11.8 Å². The number of thioether (sulfide) groups is 1. The van der Waals surface area contributed by atoms with Crippen LogP contribution in [0.5, 0.6) is 0 Å². The Bertz CT molecular complexity index is 909. The fraction of sp³-hybridized carbons (Fsp3) is 0.471. The Labute approximate surface area is 166 Å². The van der Waals surface area contributed by atoms with Crippen molar-refractivity contribution in [1.82, 2.24) is 15.2 Å². The lowest BCUT2D eigenvalue weighted by atomic mass is 10.2. The number of carbonyl (C=O) groups is 2. The third-order valence-electron chi connectivity index (χ3n) is 4.26. The van der Waals surface area contributed by atoms with Crippen LogP contribution in [0.1, 0.15) is 13.3 Å². The summed E-state index contributed by atoms with van der Waals surface area (Å²) in [6, 6.07) is 7.45. The Hall–Kier alpha value is -1.65. The lowest BCUT2D eigenvalue weighted by molar-refractivity contribution is -0.134. The monoisotopic (exact) mass is 427 g/mol. The number of likely N-dealkylation sites (N-methyl/N-ethyl adjacent to an activating group) is 1. The summed E-state index contributed by atoms with van der Waals surface area (Å²) in [5.74, 6) is -0.175. The number of thiazole rings is 1. The van der Waals surface area contributed by atoms with Gasteiger partial charge in [-0.3, -0.25) is 9.59 Å². The summed E-state index contributed by atoms with van der Waals surface area (Å²) in [6.45, 7) is 2.16. The standard InChI is InChI=1S/C17H21N3O4S3/c1-2-20(9-15(21)18-12-7-8-27(23,24)11-12)16(22)10-25-17-19-13-5-3-4-6-14(13)26-17/h3-6,12H,2,7-11H2,1H3,(H,18,21)/t12-/m0/s1. The number of para-hydroxylation sites is 1. The van der Waals surface area contributed by atoms with E-state index in [1.165, 1.54) is 28.0 Å². The molecule has 1 atom stereocenters. The van der Waals surface area contributed by atoms with Gasteiger partial charge in [-0.2, -0.15) is 0 Å². The fourth-order valence-electron chi connectivity index (χ4n) is 2.86. The van der Waals surface area contributed by atoms with Crippen LogP contribution < -0.4 is 5.32 Å². The van der Waals surface area contributed by atoms with Crippen molar-refractivity contribution in [3.63, 3.8) is 0 Å². The van der Waals surface area contributed by atoms with E-state index in [2.05, 4.69) is 10.3 Å². The van der Waals surface area contributed by atoms with E-state index in [4.69, 9.17) is 0 Å². The van der Waals surface area contributed by atoms with Gasteiger partial charge in [0.1, 0.15) is 0 Å². The van der Waals surface area contributed by atoms with E-state index in [1.54, 1.807) is 0 Å². The van der Waals surface area contributed by atoms with Crippen LogP contribution in [0.25, 0.3) is 10.2 Å². The highest BCUT2D eigenvalue weighted by Crippen LogP contribution is 2.29. The Morgan fingerprint density at radius 3 is 2.81 bits per heavy atom. The van der Waals surface area contributed by atoms with Crippen molar-refractivity contribution in [3.05, 3.63) is 24.3 Å². The van der Waals surface area contributed by atoms with Crippen molar-refractivity contribution in [2.75, 3.05) is 30.3 Å². The van der Waals surface area contributed by atoms with Gasteiger partial charge in [0.25, 0.3) is 0 Å². The third-order valence-corrected chi connectivity index (χ3v) is 8.19. The van der Waals surface area contributed by atoms with E-state index in [0.29, 0.717) is 13.0 Å². The van der Waals surface area contributed by atoms with Crippen LogP contribution in [0.15, 0.2) is 28.6 Å². The van der Waals surface area contributed by atoms with Crippen molar-refractivity contribution < 1.29 is 18.0 Å². The van der Waals surface area contributed by atoms with Gasteiger partial charge in [0.05, 0.1) is 34.0 Å². The molecule has 146 valence electrons. The smallest absolute Gasteiger partial charge is 0.239 e. The van der Waals surface area contributed by atoms with Crippen LogP contribution >= 0.6 is 23.1 Å². The summed E-state index contributed by atoms with van der Waals surface area (Å²) >= 11 is 2.90. The Morgan fingerprint density at radius 2 is 2.15 bits per heavy atom. The number of sulfone groups is 1. The molecule has 0 bridgehead atoms. The number of hydrogen-bond donors (Lipinski definition) is 1. The van der Waals surface area contributed by atoms with Crippen molar-refractivity contribution in [1.29, 1.82) is 0 Å². The Balaban J connectivity index is 1.50. The summed E-state index contributed by atoms with van der Waals surface area (Å²) in [5.41, 5.74) is 0.913. The zero-order valence-electron chi connectivity index (χ0n) is 14.9. The van der Waals surface area contributed by atoms with Crippen molar-refractivity contribution in [3.8, 4) is 0 Å². The highest BCUT2D eigenvalue weighted by molar-refractivity contribution is 8.01. The minimum Gasteiger partial charge on any atom is -0.351 e. The lowest BCUT2D eigenvalue weighted by Crippen LogP contribution is -2.45. The molecule has 1 aromatic carbocycles. The molecule has 0 aliphatic carbocycles. The topological polar surface area (TPSA) is 96.4 Å². The van der Waals surface area contributed by atoms with Gasteiger partial charge in [-0.15, -0.1) is 11.3 Å². The number of benzene rings is 1. The number of hydrogen-bond acceptors (Lipinski definition) is 7. The van der Waals surface area contributed by atoms with Crippen molar-refractivity contribution >= 4 is 55.0 Å². The number of amides is 2. The fourth-order valence-corrected chi connectivity index (χ4v) is 6.50. The van der Waals surface area contributed by atoms with E-state index >= 15 is 0 Å². The average molecular weight is 428 g/mol. The average Bonchev–Trinajstić information content (AvgIpc) is 3.19. The molecule has 1 aliphatic rings. The summed E-state index contributed by atoms with van der Waals surface area (Å²) < 4.78 is 24.8. The first-order valence-corrected chi connectivity index (χ1v) is 12.2.